The number of benzene rings is 2. The molecule has 1 aliphatic heterocycles. The van der Waals surface area contributed by atoms with Gasteiger partial charge in [-0.05, 0) is 83.2 Å². The van der Waals surface area contributed by atoms with Crippen molar-refractivity contribution < 1.29 is 4.79 Å². The third-order valence-electron chi connectivity index (χ3n) is 9.31. The highest BCUT2D eigenvalue weighted by molar-refractivity contribution is 5.96. The molecule has 0 radical (unpaired) electrons. The summed E-state index contributed by atoms with van der Waals surface area (Å²) in [5.41, 5.74) is 9.24. The number of nitrogens with zero attached hydrogens (tertiary/aromatic N) is 3. The molecule has 224 valence electrons. The van der Waals surface area contributed by atoms with Gasteiger partial charge in [-0.1, -0.05) is 50.3 Å². The number of likely N-dealkylation sites (tertiary alicyclic amines) is 1. The number of aryl methyl sites for hydroxylation is 1. The fourth-order valence-electron chi connectivity index (χ4n) is 6.83. The zero-order valence-electron chi connectivity index (χ0n) is 25.2. The molecule has 2 unspecified atom stereocenters. The van der Waals surface area contributed by atoms with Crippen molar-refractivity contribution in [3.05, 3.63) is 58.4 Å². The quantitative estimate of drug-likeness (QED) is 0.150. The first kappa shape index (κ1) is 30.0. The molecule has 1 aromatic heterocycles. The van der Waals surface area contributed by atoms with E-state index in [1.165, 1.54) is 25.7 Å². The molecule has 42 heavy (non-hydrogen) atoms. The van der Waals surface area contributed by atoms with Crippen molar-refractivity contribution in [1.29, 1.82) is 5.41 Å². The molecule has 1 saturated heterocycles. The van der Waals surface area contributed by atoms with Crippen LogP contribution in [0.4, 0.5) is 5.69 Å². The first-order chi connectivity index (χ1) is 20.3. The number of anilines is 1. The van der Waals surface area contributed by atoms with Crippen LogP contribution >= 0.6 is 0 Å². The minimum absolute atomic E-state index is 0.0475. The number of nitrogen functional groups attached to an aromatic ring is 1. The Morgan fingerprint density at radius 3 is 2.43 bits per heavy atom. The van der Waals surface area contributed by atoms with Crippen LogP contribution in [0.2, 0.25) is 0 Å². The maximum Gasteiger partial charge on any atom is 0.277 e. The average molecular weight is 571 g/mol. The van der Waals surface area contributed by atoms with Gasteiger partial charge in [-0.25, -0.2) is 4.98 Å². The lowest BCUT2D eigenvalue weighted by atomic mass is 9.88. The minimum atomic E-state index is -0.169. The maximum atomic E-state index is 14.0. The Balaban J connectivity index is 1.40. The van der Waals surface area contributed by atoms with Gasteiger partial charge in [0.1, 0.15) is 11.5 Å². The molecule has 2 aromatic carbocycles. The van der Waals surface area contributed by atoms with Crippen molar-refractivity contribution in [2.75, 3.05) is 11.9 Å². The molecule has 0 spiro atoms. The summed E-state index contributed by atoms with van der Waals surface area (Å²) in [4.78, 5) is 34.3. The molecular formula is C34H46N6O2. The topological polar surface area (TPSA) is 117 Å². The Labute approximate surface area is 249 Å². The normalized spacial score (nSPS) is 20.0. The number of hydrogen-bond acceptors (Lipinski definition) is 5. The number of carbonyl (C=O) groups is 1. The molecular weight excluding hydrogens is 524 g/mol. The van der Waals surface area contributed by atoms with Gasteiger partial charge in [0.15, 0.2) is 0 Å². The summed E-state index contributed by atoms with van der Waals surface area (Å²) in [6, 6.07) is 14.1. The molecule has 2 aliphatic rings. The van der Waals surface area contributed by atoms with E-state index in [9.17, 15) is 9.59 Å². The molecule has 4 N–H and O–H groups in total. The maximum absolute atomic E-state index is 14.0. The fourth-order valence-corrected chi connectivity index (χ4v) is 6.83. The second-order valence-corrected chi connectivity index (χ2v) is 12.4. The molecule has 2 heterocycles. The SMILES string of the molecule is CC1CCCC(C)N1CCCCCn1c(=O)c(-c2cccc(C(=N)N)c2)nc2ccc(NC(=O)C3CCCCC3)cc21. The Morgan fingerprint density at radius 1 is 0.952 bits per heavy atom. The Bertz CT molecular complexity index is 1460. The Morgan fingerprint density at radius 2 is 1.69 bits per heavy atom. The van der Waals surface area contributed by atoms with E-state index in [0.717, 1.165) is 57.0 Å². The van der Waals surface area contributed by atoms with E-state index in [4.69, 9.17) is 16.1 Å². The second kappa shape index (κ2) is 13.6. The molecule has 8 heteroatoms. The fraction of sp³-hybridized carbons (Fsp3) is 0.529. The van der Waals surface area contributed by atoms with E-state index in [-0.39, 0.29) is 23.2 Å². The monoisotopic (exact) mass is 570 g/mol. The predicted octanol–water partition coefficient (Wildman–Crippen LogP) is 6.30. The average Bonchev–Trinajstić information content (AvgIpc) is 2.99. The standard InChI is InChI=1S/C34H46N6O2/c1-23-11-9-12-24(2)39(23)19-7-4-8-20-40-30-22-28(37-33(41)25-13-5-3-6-14-25)17-18-29(30)38-31(34(40)42)26-15-10-16-27(21-26)32(35)36/h10,15-18,21-25H,3-9,11-14,19-20H2,1-2H3,(H3,35,36)(H,37,41). The highest BCUT2D eigenvalue weighted by Gasteiger charge is 2.24. The summed E-state index contributed by atoms with van der Waals surface area (Å²) in [5, 5.41) is 11.0. The van der Waals surface area contributed by atoms with E-state index in [2.05, 4.69) is 24.1 Å². The number of unbranched alkanes of at least 4 members (excludes halogenated alkanes) is 2. The molecule has 2 fully saturated rings. The van der Waals surface area contributed by atoms with Crippen LogP contribution in [-0.4, -0.2) is 44.8 Å². The van der Waals surface area contributed by atoms with E-state index < -0.39 is 0 Å². The lowest BCUT2D eigenvalue weighted by Gasteiger charge is -2.39. The number of fused-ring (bicyclic) bond motifs is 1. The molecule has 5 rings (SSSR count). The molecule has 1 amide bonds. The number of carbonyl (C=O) groups excluding carboxylic acids is 1. The summed E-state index contributed by atoms with van der Waals surface area (Å²) >= 11 is 0. The number of nitrogens with one attached hydrogen (secondary N) is 2. The minimum Gasteiger partial charge on any atom is -0.384 e. The van der Waals surface area contributed by atoms with Crippen molar-refractivity contribution in [3.8, 4) is 11.3 Å². The number of aromatic nitrogens is 2. The van der Waals surface area contributed by atoms with Crippen LogP contribution in [0.15, 0.2) is 47.3 Å². The summed E-state index contributed by atoms with van der Waals surface area (Å²) in [5.74, 6) is 0.0689. The van der Waals surface area contributed by atoms with Gasteiger partial charge in [-0.15, -0.1) is 0 Å². The molecule has 3 aromatic rings. The smallest absolute Gasteiger partial charge is 0.277 e. The second-order valence-electron chi connectivity index (χ2n) is 12.4. The first-order valence-corrected chi connectivity index (χ1v) is 15.9. The zero-order chi connectivity index (χ0) is 29.6. The van der Waals surface area contributed by atoms with Gasteiger partial charge in [-0.2, -0.15) is 0 Å². The van der Waals surface area contributed by atoms with Gasteiger partial charge in [-0.3, -0.25) is 19.9 Å². The highest BCUT2D eigenvalue weighted by atomic mass is 16.2. The van der Waals surface area contributed by atoms with Crippen molar-refractivity contribution in [2.45, 2.75) is 103 Å². The lowest BCUT2D eigenvalue weighted by molar-refractivity contribution is -0.120. The number of amides is 1. The summed E-state index contributed by atoms with van der Waals surface area (Å²) in [6.45, 7) is 6.34. The van der Waals surface area contributed by atoms with Gasteiger partial charge in [0.05, 0.1) is 11.0 Å². The third-order valence-corrected chi connectivity index (χ3v) is 9.31. The largest absolute Gasteiger partial charge is 0.384 e. The Kier molecular flexibility index (Phi) is 9.73. The van der Waals surface area contributed by atoms with Gasteiger partial charge < -0.3 is 15.6 Å². The molecule has 2 atom stereocenters. The van der Waals surface area contributed by atoms with Gasteiger partial charge in [0.2, 0.25) is 5.91 Å². The first-order valence-electron chi connectivity index (χ1n) is 15.9. The zero-order valence-corrected chi connectivity index (χ0v) is 25.2. The van der Waals surface area contributed by atoms with Crippen LogP contribution in [0.3, 0.4) is 0 Å². The van der Waals surface area contributed by atoms with E-state index >= 15 is 0 Å². The number of amidine groups is 1. The highest BCUT2D eigenvalue weighted by Crippen LogP contribution is 2.27. The van der Waals surface area contributed by atoms with Crippen LogP contribution in [0, 0.1) is 11.3 Å². The number of nitrogens with two attached hydrogens (primary N) is 1. The van der Waals surface area contributed by atoms with Crippen LogP contribution in [0.1, 0.15) is 90.0 Å². The van der Waals surface area contributed by atoms with Gasteiger partial charge >= 0.3 is 0 Å². The van der Waals surface area contributed by atoms with E-state index in [0.29, 0.717) is 46.7 Å². The lowest BCUT2D eigenvalue weighted by Crippen LogP contribution is -2.44. The van der Waals surface area contributed by atoms with Crippen molar-refractivity contribution >= 4 is 28.5 Å². The summed E-state index contributed by atoms with van der Waals surface area (Å²) in [6.07, 6.45) is 12.1. The van der Waals surface area contributed by atoms with E-state index in [1.807, 2.05) is 28.8 Å². The predicted molar refractivity (Wildman–Crippen MR) is 171 cm³/mol. The van der Waals surface area contributed by atoms with Gasteiger partial charge in [0.25, 0.3) is 5.56 Å². The van der Waals surface area contributed by atoms with Crippen LogP contribution < -0.4 is 16.6 Å². The van der Waals surface area contributed by atoms with Crippen LogP contribution in [0.5, 0.6) is 0 Å². The number of piperidine rings is 1. The van der Waals surface area contributed by atoms with Crippen molar-refractivity contribution in [2.24, 2.45) is 11.7 Å². The van der Waals surface area contributed by atoms with Crippen molar-refractivity contribution in [1.82, 2.24) is 14.5 Å². The van der Waals surface area contributed by atoms with Gasteiger partial charge in [0, 0.05) is 41.4 Å². The molecule has 1 aliphatic carbocycles. The third kappa shape index (κ3) is 6.92. The number of hydrogen-bond donors (Lipinski definition) is 3. The molecule has 1 saturated carbocycles. The summed E-state index contributed by atoms with van der Waals surface area (Å²) in [7, 11) is 0. The number of rotatable bonds is 10. The molecule has 0 bridgehead atoms. The van der Waals surface area contributed by atoms with Crippen LogP contribution in [-0.2, 0) is 11.3 Å². The Hall–Kier alpha value is -3.52. The van der Waals surface area contributed by atoms with Crippen molar-refractivity contribution in [3.63, 3.8) is 0 Å². The molecule has 8 nitrogen and oxygen atoms in total. The van der Waals surface area contributed by atoms with Crippen LogP contribution in [0.25, 0.3) is 22.3 Å². The summed E-state index contributed by atoms with van der Waals surface area (Å²) < 4.78 is 1.82. The van der Waals surface area contributed by atoms with E-state index in [1.54, 1.807) is 18.2 Å².